The third kappa shape index (κ3) is 9.03. The smallest absolute Gasteiger partial charge is 0.161 e. The van der Waals surface area contributed by atoms with E-state index in [-0.39, 0.29) is 0 Å². The third-order valence-electron chi connectivity index (χ3n) is 9.24. The highest BCUT2D eigenvalue weighted by atomic mass is 79.9. The van der Waals surface area contributed by atoms with Crippen molar-refractivity contribution in [1.82, 2.24) is 0 Å². The summed E-state index contributed by atoms with van der Waals surface area (Å²) in [6, 6.07) is 25.4. The van der Waals surface area contributed by atoms with Gasteiger partial charge in [-0.1, -0.05) is 56.1 Å². The fraction of sp³-hybridized carbons (Fsp3) is 0.415. The highest BCUT2D eigenvalue weighted by Gasteiger charge is 2.47. The summed E-state index contributed by atoms with van der Waals surface area (Å²) in [5.74, 6) is 2.49. The maximum atomic E-state index is 6.44. The fourth-order valence-electron chi connectivity index (χ4n) is 6.93. The van der Waals surface area contributed by atoms with E-state index in [4.69, 9.17) is 47.4 Å². The predicted molar refractivity (Wildman–Crippen MR) is 206 cm³/mol. The van der Waals surface area contributed by atoms with Crippen LogP contribution in [-0.2, 0) is 33.8 Å². The highest BCUT2D eigenvalue weighted by molar-refractivity contribution is 9.10. The average molecular weight is 857 g/mol. The molecule has 10 nitrogen and oxygen atoms in total. The SMILES string of the molecule is Brc1ccc2c(c1)C(c1ccc3c(c1)OCCOCCOCCOCCO3)(c1ccc3c(c1)OCCOCCOCCOCCO3)c1cc(Br)ccc1-2. The monoisotopic (exact) mass is 854 g/mol. The summed E-state index contributed by atoms with van der Waals surface area (Å²) in [5.41, 5.74) is 5.70. The van der Waals surface area contributed by atoms with Gasteiger partial charge in [0.05, 0.1) is 84.7 Å². The van der Waals surface area contributed by atoms with Crippen LogP contribution in [0.15, 0.2) is 81.7 Å². The summed E-state index contributed by atoms with van der Waals surface area (Å²) in [6.07, 6.45) is 0. The van der Waals surface area contributed by atoms with Crippen LogP contribution in [0.4, 0.5) is 0 Å². The number of halogens is 2. The van der Waals surface area contributed by atoms with Gasteiger partial charge in [-0.2, -0.15) is 0 Å². The molecule has 0 radical (unpaired) electrons. The molecule has 0 unspecified atom stereocenters. The molecule has 12 heteroatoms. The zero-order chi connectivity index (χ0) is 36.3. The van der Waals surface area contributed by atoms with Crippen molar-refractivity contribution >= 4 is 31.9 Å². The van der Waals surface area contributed by atoms with Crippen molar-refractivity contribution in [1.29, 1.82) is 0 Å². The molecule has 0 fully saturated rings. The minimum Gasteiger partial charge on any atom is -0.487 e. The quantitative estimate of drug-likeness (QED) is 0.182. The van der Waals surface area contributed by atoms with Crippen LogP contribution in [0.1, 0.15) is 22.3 Å². The summed E-state index contributed by atoms with van der Waals surface area (Å²) in [7, 11) is 0. The summed E-state index contributed by atoms with van der Waals surface area (Å²) in [6.45, 7) is 7.04. The molecule has 2 heterocycles. The van der Waals surface area contributed by atoms with Crippen molar-refractivity contribution in [3.8, 4) is 34.1 Å². The summed E-state index contributed by atoms with van der Waals surface area (Å²) >= 11 is 7.61. The lowest BCUT2D eigenvalue weighted by Gasteiger charge is -2.35. The van der Waals surface area contributed by atoms with Crippen LogP contribution in [0, 0.1) is 0 Å². The molecule has 1 aliphatic carbocycles. The van der Waals surface area contributed by atoms with E-state index in [2.05, 4.69) is 92.5 Å². The minimum atomic E-state index is -0.795. The zero-order valence-corrected chi connectivity index (χ0v) is 32.8. The van der Waals surface area contributed by atoms with Crippen molar-refractivity contribution in [2.24, 2.45) is 0 Å². The molecular formula is C41H44Br2O10. The normalized spacial score (nSPS) is 19.0. The molecule has 7 rings (SSSR count). The average Bonchev–Trinajstić information content (AvgIpc) is 3.43. The van der Waals surface area contributed by atoms with Gasteiger partial charge in [-0.05, 0) is 81.9 Å². The molecule has 0 spiro atoms. The lowest BCUT2D eigenvalue weighted by Crippen LogP contribution is -2.29. The third-order valence-corrected chi connectivity index (χ3v) is 10.2. The van der Waals surface area contributed by atoms with Crippen LogP contribution < -0.4 is 18.9 Å². The van der Waals surface area contributed by atoms with Crippen LogP contribution in [0.25, 0.3) is 11.1 Å². The van der Waals surface area contributed by atoms with Crippen LogP contribution in [0.2, 0.25) is 0 Å². The Morgan fingerprint density at radius 2 is 0.660 bits per heavy atom. The Morgan fingerprint density at radius 3 is 1.02 bits per heavy atom. The molecule has 282 valence electrons. The Balaban J connectivity index is 1.36. The minimum absolute atomic E-state index is 0.343. The summed E-state index contributed by atoms with van der Waals surface area (Å²) in [5, 5.41) is 0. The number of hydrogen-bond acceptors (Lipinski definition) is 10. The van der Waals surface area contributed by atoms with Gasteiger partial charge in [-0.15, -0.1) is 0 Å². The Bertz CT molecular complexity index is 1690. The van der Waals surface area contributed by atoms with Crippen LogP contribution in [0.3, 0.4) is 0 Å². The molecular weight excluding hydrogens is 812 g/mol. The number of benzene rings is 4. The van der Waals surface area contributed by atoms with Crippen LogP contribution in [-0.4, -0.2) is 106 Å². The highest BCUT2D eigenvalue weighted by Crippen LogP contribution is 2.58. The molecule has 3 aliphatic rings. The Kier molecular flexibility index (Phi) is 13.6. The molecule has 53 heavy (non-hydrogen) atoms. The van der Waals surface area contributed by atoms with Gasteiger partial charge in [0.15, 0.2) is 23.0 Å². The molecule has 0 atom stereocenters. The number of ether oxygens (including phenoxy) is 10. The molecule has 0 N–H and O–H groups in total. The van der Waals surface area contributed by atoms with Gasteiger partial charge in [0, 0.05) is 8.95 Å². The molecule has 0 bridgehead atoms. The molecule has 0 saturated carbocycles. The molecule has 4 aromatic carbocycles. The van der Waals surface area contributed by atoms with E-state index in [1.807, 2.05) is 12.1 Å². The van der Waals surface area contributed by atoms with Gasteiger partial charge in [0.2, 0.25) is 0 Å². The van der Waals surface area contributed by atoms with E-state index in [0.29, 0.717) is 129 Å². The number of hydrogen-bond donors (Lipinski definition) is 0. The first kappa shape index (κ1) is 38.1. The topological polar surface area (TPSA) is 92.3 Å². The Labute approximate surface area is 327 Å². The largest absolute Gasteiger partial charge is 0.487 e. The van der Waals surface area contributed by atoms with E-state index < -0.39 is 5.41 Å². The Morgan fingerprint density at radius 1 is 0.340 bits per heavy atom. The molecule has 0 saturated heterocycles. The van der Waals surface area contributed by atoms with Gasteiger partial charge in [0.1, 0.15) is 26.4 Å². The van der Waals surface area contributed by atoms with Crippen molar-refractivity contribution < 1.29 is 47.4 Å². The van der Waals surface area contributed by atoms with Crippen molar-refractivity contribution in [2.75, 3.05) is 106 Å². The van der Waals surface area contributed by atoms with E-state index in [9.17, 15) is 0 Å². The second-order valence-corrected chi connectivity index (χ2v) is 14.4. The first-order chi connectivity index (χ1) is 26.1. The maximum Gasteiger partial charge on any atom is 0.161 e. The fourth-order valence-corrected chi connectivity index (χ4v) is 7.65. The van der Waals surface area contributed by atoms with Gasteiger partial charge in [-0.25, -0.2) is 0 Å². The lowest BCUT2D eigenvalue weighted by atomic mass is 9.67. The molecule has 0 amide bonds. The Hall–Kier alpha value is -3.20. The van der Waals surface area contributed by atoms with E-state index >= 15 is 0 Å². The van der Waals surface area contributed by atoms with Crippen molar-refractivity contribution in [3.63, 3.8) is 0 Å². The molecule has 2 aliphatic heterocycles. The zero-order valence-electron chi connectivity index (χ0n) is 29.6. The number of fused-ring (bicyclic) bond motifs is 5. The number of rotatable bonds is 2. The first-order valence-corrected chi connectivity index (χ1v) is 19.6. The second kappa shape index (κ2) is 18.9. The van der Waals surface area contributed by atoms with Crippen LogP contribution >= 0.6 is 31.9 Å². The lowest BCUT2D eigenvalue weighted by molar-refractivity contribution is 0.00708. The van der Waals surface area contributed by atoms with Crippen LogP contribution in [0.5, 0.6) is 23.0 Å². The standard InChI is InChI=1S/C41H44Br2O10/c42-31-3-5-33-34-6-4-32(43)28-36(34)41(35(33)27-31,29-1-7-37-39(25-29)52-23-19-48-15-11-44-9-13-46-17-21-50-37)30-2-8-38-40(26-30)53-24-20-49-16-12-45-10-14-47-18-22-51-38/h1-8,25-28H,9-24H2. The van der Waals surface area contributed by atoms with E-state index in [0.717, 1.165) is 42.3 Å². The first-order valence-electron chi connectivity index (χ1n) is 18.0. The van der Waals surface area contributed by atoms with Crippen molar-refractivity contribution in [3.05, 3.63) is 104 Å². The molecule has 4 aromatic rings. The predicted octanol–water partition coefficient (Wildman–Crippen LogP) is 7.22. The van der Waals surface area contributed by atoms with E-state index in [1.54, 1.807) is 0 Å². The van der Waals surface area contributed by atoms with Gasteiger partial charge in [0.25, 0.3) is 0 Å². The maximum absolute atomic E-state index is 6.44. The summed E-state index contributed by atoms with van der Waals surface area (Å²) in [4.78, 5) is 0. The van der Waals surface area contributed by atoms with Gasteiger partial charge in [-0.3, -0.25) is 0 Å². The van der Waals surface area contributed by atoms with Gasteiger partial charge < -0.3 is 47.4 Å². The van der Waals surface area contributed by atoms with Crippen molar-refractivity contribution in [2.45, 2.75) is 5.41 Å². The summed E-state index contributed by atoms with van der Waals surface area (Å²) < 4.78 is 61.5. The second-order valence-electron chi connectivity index (χ2n) is 12.5. The molecule has 0 aromatic heterocycles. The van der Waals surface area contributed by atoms with E-state index in [1.165, 1.54) is 0 Å². The van der Waals surface area contributed by atoms with Gasteiger partial charge >= 0.3 is 0 Å².